The lowest BCUT2D eigenvalue weighted by Crippen LogP contribution is -2.46. The molecule has 0 saturated carbocycles. The average molecular weight is 448 g/mol. The van der Waals surface area contributed by atoms with Gasteiger partial charge in [0.25, 0.3) is 5.91 Å². The zero-order chi connectivity index (χ0) is 23.5. The number of anilines is 3. The molecule has 33 heavy (non-hydrogen) atoms. The lowest BCUT2D eigenvalue weighted by atomic mass is 10.1. The van der Waals surface area contributed by atoms with E-state index in [1.165, 1.54) is 41.1 Å². The predicted octanol–water partition coefficient (Wildman–Crippen LogP) is 4.72. The first kappa shape index (κ1) is 22.3. The number of hydrogen-bond donors (Lipinski definition) is 2. The number of carboxylic acid groups (broad SMARTS) is 1. The minimum atomic E-state index is -1.12. The van der Waals surface area contributed by atoms with E-state index in [0.29, 0.717) is 0 Å². The van der Waals surface area contributed by atoms with Gasteiger partial charge in [-0.15, -0.1) is 0 Å². The molecule has 0 unspecified atom stereocenters. The molecule has 1 aliphatic rings. The molecular formula is C26H26FN3O3. The monoisotopic (exact) mass is 447 g/mol. The summed E-state index contributed by atoms with van der Waals surface area (Å²) in [5.74, 6) is -2.06. The third-order valence-corrected chi connectivity index (χ3v) is 6.15. The molecule has 0 aromatic heterocycles. The number of piperazine rings is 1. The SMILES string of the molecule is Cc1cccc(N2CCN(c3ccc(NC(=O)c4ccc(F)cc4)c(C(=O)O)c3)CC2)c1C. The molecule has 170 valence electrons. The summed E-state index contributed by atoms with van der Waals surface area (Å²) in [6.45, 7) is 7.42. The van der Waals surface area contributed by atoms with E-state index in [0.717, 1.165) is 31.9 Å². The second-order valence-electron chi connectivity index (χ2n) is 8.19. The van der Waals surface area contributed by atoms with Gasteiger partial charge < -0.3 is 20.2 Å². The number of nitrogens with zero attached hydrogens (tertiary/aromatic N) is 2. The zero-order valence-corrected chi connectivity index (χ0v) is 18.6. The van der Waals surface area contributed by atoms with Crippen LogP contribution in [-0.4, -0.2) is 43.2 Å². The summed E-state index contributed by atoms with van der Waals surface area (Å²) in [6.07, 6.45) is 0. The molecule has 0 atom stereocenters. The number of aryl methyl sites for hydroxylation is 1. The van der Waals surface area contributed by atoms with Crippen molar-refractivity contribution >= 4 is 28.9 Å². The smallest absolute Gasteiger partial charge is 0.337 e. The van der Waals surface area contributed by atoms with Crippen molar-refractivity contribution in [2.45, 2.75) is 13.8 Å². The minimum absolute atomic E-state index is 0.0138. The molecule has 1 amide bonds. The van der Waals surface area contributed by atoms with Crippen LogP contribution < -0.4 is 15.1 Å². The van der Waals surface area contributed by atoms with Gasteiger partial charge in [-0.3, -0.25) is 4.79 Å². The van der Waals surface area contributed by atoms with E-state index < -0.39 is 17.7 Å². The van der Waals surface area contributed by atoms with Crippen LogP contribution in [0.4, 0.5) is 21.5 Å². The molecule has 0 aliphatic carbocycles. The van der Waals surface area contributed by atoms with Gasteiger partial charge in [-0.05, 0) is 73.5 Å². The van der Waals surface area contributed by atoms with Crippen LogP contribution in [-0.2, 0) is 0 Å². The van der Waals surface area contributed by atoms with E-state index in [2.05, 4.69) is 47.2 Å². The number of amides is 1. The van der Waals surface area contributed by atoms with Crippen LogP contribution in [0.25, 0.3) is 0 Å². The predicted molar refractivity (Wildman–Crippen MR) is 128 cm³/mol. The van der Waals surface area contributed by atoms with Crippen LogP contribution >= 0.6 is 0 Å². The van der Waals surface area contributed by atoms with Gasteiger partial charge in [0.2, 0.25) is 0 Å². The minimum Gasteiger partial charge on any atom is -0.478 e. The molecule has 0 spiro atoms. The maximum Gasteiger partial charge on any atom is 0.337 e. The summed E-state index contributed by atoms with van der Waals surface area (Å²) in [7, 11) is 0. The highest BCUT2D eigenvalue weighted by Gasteiger charge is 2.21. The second kappa shape index (κ2) is 9.32. The Bertz CT molecular complexity index is 1190. The van der Waals surface area contributed by atoms with Gasteiger partial charge in [0.1, 0.15) is 5.82 Å². The second-order valence-corrected chi connectivity index (χ2v) is 8.19. The van der Waals surface area contributed by atoms with Crippen molar-refractivity contribution in [3.8, 4) is 0 Å². The lowest BCUT2D eigenvalue weighted by molar-refractivity contribution is 0.0698. The number of benzene rings is 3. The molecule has 3 aromatic rings. The Hall–Kier alpha value is -3.87. The van der Waals surface area contributed by atoms with Gasteiger partial charge in [0.05, 0.1) is 11.3 Å². The van der Waals surface area contributed by atoms with Gasteiger partial charge in [-0.25, -0.2) is 9.18 Å². The number of nitrogens with one attached hydrogen (secondary N) is 1. The summed E-state index contributed by atoms with van der Waals surface area (Å²) in [5, 5.41) is 12.4. The van der Waals surface area contributed by atoms with E-state index in [1.807, 2.05) is 6.07 Å². The third-order valence-electron chi connectivity index (χ3n) is 6.15. The fourth-order valence-corrected chi connectivity index (χ4v) is 4.09. The average Bonchev–Trinajstić information content (AvgIpc) is 2.81. The Morgan fingerprint density at radius 2 is 1.58 bits per heavy atom. The van der Waals surface area contributed by atoms with Gasteiger partial charge >= 0.3 is 5.97 Å². The van der Waals surface area contributed by atoms with Crippen LogP contribution in [0, 0.1) is 19.7 Å². The van der Waals surface area contributed by atoms with E-state index in [4.69, 9.17) is 0 Å². The number of aromatic carboxylic acids is 1. The number of hydrogen-bond acceptors (Lipinski definition) is 4. The Balaban J connectivity index is 1.49. The van der Waals surface area contributed by atoms with Crippen molar-refractivity contribution in [2.24, 2.45) is 0 Å². The summed E-state index contributed by atoms with van der Waals surface area (Å²) in [4.78, 5) is 28.9. The van der Waals surface area contributed by atoms with E-state index in [9.17, 15) is 19.1 Å². The van der Waals surface area contributed by atoms with Crippen molar-refractivity contribution in [1.29, 1.82) is 0 Å². The highest BCUT2D eigenvalue weighted by atomic mass is 19.1. The van der Waals surface area contributed by atoms with Gasteiger partial charge in [-0.1, -0.05) is 12.1 Å². The van der Waals surface area contributed by atoms with Crippen LogP contribution in [0.3, 0.4) is 0 Å². The summed E-state index contributed by atoms with van der Waals surface area (Å²) in [6, 6.07) is 16.4. The van der Waals surface area contributed by atoms with Crippen molar-refractivity contribution in [3.63, 3.8) is 0 Å². The first-order chi connectivity index (χ1) is 15.8. The quantitative estimate of drug-likeness (QED) is 0.592. The molecule has 1 saturated heterocycles. The number of halogens is 1. The van der Waals surface area contributed by atoms with Crippen LogP contribution in [0.15, 0.2) is 60.7 Å². The molecule has 4 rings (SSSR count). The van der Waals surface area contributed by atoms with Crippen LogP contribution in [0.1, 0.15) is 31.8 Å². The molecular weight excluding hydrogens is 421 g/mol. The van der Waals surface area contributed by atoms with E-state index >= 15 is 0 Å². The van der Waals surface area contributed by atoms with Crippen molar-refractivity contribution in [3.05, 3.63) is 88.7 Å². The molecule has 1 fully saturated rings. The van der Waals surface area contributed by atoms with Gasteiger partial charge in [-0.2, -0.15) is 0 Å². The molecule has 1 heterocycles. The fourth-order valence-electron chi connectivity index (χ4n) is 4.09. The number of rotatable bonds is 5. The maximum atomic E-state index is 13.1. The number of carbonyl (C=O) groups excluding carboxylic acids is 1. The third kappa shape index (κ3) is 4.82. The van der Waals surface area contributed by atoms with Crippen LogP contribution in [0.5, 0.6) is 0 Å². The Morgan fingerprint density at radius 1 is 0.909 bits per heavy atom. The van der Waals surface area contributed by atoms with Crippen molar-refractivity contribution in [2.75, 3.05) is 41.3 Å². The normalized spacial score (nSPS) is 13.7. The molecule has 3 aromatic carbocycles. The van der Waals surface area contributed by atoms with E-state index in [-0.39, 0.29) is 16.8 Å². The highest BCUT2D eigenvalue weighted by Crippen LogP contribution is 2.28. The summed E-state index contributed by atoms with van der Waals surface area (Å²) in [5.41, 5.74) is 5.04. The molecule has 6 nitrogen and oxygen atoms in total. The highest BCUT2D eigenvalue weighted by molar-refractivity contribution is 6.08. The molecule has 1 aliphatic heterocycles. The number of carbonyl (C=O) groups is 2. The summed E-state index contributed by atoms with van der Waals surface area (Å²) >= 11 is 0. The number of carboxylic acids is 1. The van der Waals surface area contributed by atoms with E-state index in [1.54, 1.807) is 12.1 Å². The molecule has 7 heteroatoms. The largest absolute Gasteiger partial charge is 0.478 e. The first-order valence-electron chi connectivity index (χ1n) is 10.8. The standard InChI is InChI=1S/C26H26FN3O3/c1-17-4-3-5-24(18(17)2)30-14-12-29(13-15-30)21-10-11-23(22(16-21)26(32)33)28-25(31)19-6-8-20(27)9-7-19/h3-11,16H,12-15H2,1-2H3,(H,28,31)(H,32,33). The molecule has 0 radical (unpaired) electrons. The lowest BCUT2D eigenvalue weighted by Gasteiger charge is -2.38. The van der Waals surface area contributed by atoms with Crippen molar-refractivity contribution < 1.29 is 19.1 Å². The molecule has 2 N–H and O–H groups in total. The van der Waals surface area contributed by atoms with Gasteiger partial charge in [0, 0.05) is 43.1 Å². The zero-order valence-electron chi connectivity index (χ0n) is 18.6. The Kier molecular flexibility index (Phi) is 6.31. The topological polar surface area (TPSA) is 72.9 Å². The fraction of sp³-hybridized carbons (Fsp3) is 0.231. The maximum absolute atomic E-state index is 13.1. The van der Waals surface area contributed by atoms with Crippen molar-refractivity contribution in [1.82, 2.24) is 0 Å². The Morgan fingerprint density at radius 3 is 2.24 bits per heavy atom. The first-order valence-corrected chi connectivity index (χ1v) is 10.8. The van der Waals surface area contributed by atoms with Gasteiger partial charge in [0.15, 0.2) is 0 Å². The summed E-state index contributed by atoms with van der Waals surface area (Å²) < 4.78 is 13.1. The Labute approximate surface area is 192 Å². The van der Waals surface area contributed by atoms with Crippen LogP contribution in [0.2, 0.25) is 0 Å². The molecule has 0 bridgehead atoms.